The number of rotatable bonds is 8. The van der Waals surface area contributed by atoms with Gasteiger partial charge in [0.15, 0.2) is 11.5 Å². The number of aliphatic hydroxyl groups is 1. The van der Waals surface area contributed by atoms with Gasteiger partial charge in [0.05, 0.1) is 13.7 Å². The number of halogens is 1. The highest BCUT2D eigenvalue weighted by Gasteiger charge is 2.14. The number of methoxy groups -OCH3 is 1. The third kappa shape index (κ3) is 4.96. The zero-order chi connectivity index (χ0) is 16.7. The summed E-state index contributed by atoms with van der Waals surface area (Å²) in [6.45, 7) is 3.75. The molecule has 2 N–H and O–H groups in total. The number of aliphatic hydroxyl groups excluding tert-OH is 1. The molecule has 0 radical (unpaired) electrons. The molecule has 0 fully saturated rings. The maximum atomic E-state index is 8.93. The SMILES string of the molecule is COc1ccc(Br)c(CNCCO)c1OCc1cccc(C)c1. The minimum absolute atomic E-state index is 0.0983. The molecule has 124 valence electrons. The topological polar surface area (TPSA) is 50.7 Å². The van der Waals surface area contributed by atoms with Crippen molar-refractivity contribution < 1.29 is 14.6 Å². The first kappa shape index (κ1) is 17.8. The van der Waals surface area contributed by atoms with Crippen LogP contribution in [-0.2, 0) is 13.2 Å². The lowest BCUT2D eigenvalue weighted by Gasteiger charge is -2.17. The molecule has 0 saturated heterocycles. The monoisotopic (exact) mass is 379 g/mol. The molecule has 0 amide bonds. The summed E-state index contributed by atoms with van der Waals surface area (Å²) in [4.78, 5) is 0. The Bertz CT molecular complexity index is 646. The lowest BCUT2D eigenvalue weighted by atomic mass is 10.1. The summed E-state index contributed by atoms with van der Waals surface area (Å²) >= 11 is 3.56. The van der Waals surface area contributed by atoms with Gasteiger partial charge in [-0.3, -0.25) is 0 Å². The Labute approximate surface area is 145 Å². The Morgan fingerprint density at radius 2 is 2.04 bits per heavy atom. The van der Waals surface area contributed by atoms with E-state index in [1.165, 1.54) is 5.56 Å². The summed E-state index contributed by atoms with van der Waals surface area (Å²) in [5.74, 6) is 1.41. The third-order valence-electron chi connectivity index (χ3n) is 3.44. The number of hydrogen-bond acceptors (Lipinski definition) is 4. The lowest BCUT2D eigenvalue weighted by molar-refractivity contribution is 0.277. The first-order valence-electron chi connectivity index (χ1n) is 7.51. The molecule has 2 aromatic rings. The molecular weight excluding hydrogens is 358 g/mol. The fourth-order valence-corrected chi connectivity index (χ4v) is 2.77. The van der Waals surface area contributed by atoms with E-state index in [1.54, 1.807) is 7.11 Å². The number of benzene rings is 2. The maximum absolute atomic E-state index is 8.93. The van der Waals surface area contributed by atoms with E-state index < -0.39 is 0 Å². The average molecular weight is 380 g/mol. The van der Waals surface area contributed by atoms with E-state index in [2.05, 4.69) is 40.3 Å². The predicted molar refractivity (Wildman–Crippen MR) is 95.0 cm³/mol. The molecule has 0 unspecified atom stereocenters. The molecule has 0 spiro atoms. The molecule has 0 bridgehead atoms. The molecule has 2 rings (SSSR count). The second kappa shape index (κ2) is 8.91. The number of ether oxygens (including phenoxy) is 2. The lowest BCUT2D eigenvalue weighted by Crippen LogP contribution is -2.18. The van der Waals surface area contributed by atoms with Crippen molar-refractivity contribution >= 4 is 15.9 Å². The standard InChI is InChI=1S/C18H22BrNO3/c1-13-4-3-5-14(10-13)12-23-18-15(11-20-8-9-21)16(19)6-7-17(18)22-2/h3-7,10,20-21H,8-9,11-12H2,1-2H3. The van der Waals surface area contributed by atoms with Gasteiger partial charge >= 0.3 is 0 Å². The molecule has 0 atom stereocenters. The smallest absolute Gasteiger partial charge is 0.167 e. The van der Waals surface area contributed by atoms with Crippen LogP contribution < -0.4 is 14.8 Å². The Balaban J connectivity index is 2.21. The highest BCUT2D eigenvalue weighted by molar-refractivity contribution is 9.10. The summed E-state index contributed by atoms with van der Waals surface area (Å²) < 4.78 is 12.4. The molecule has 0 heterocycles. The van der Waals surface area contributed by atoms with Gasteiger partial charge in [-0.25, -0.2) is 0 Å². The quantitative estimate of drug-likeness (QED) is 0.689. The zero-order valence-electron chi connectivity index (χ0n) is 13.4. The molecule has 0 aliphatic heterocycles. The Morgan fingerprint density at radius 3 is 2.74 bits per heavy atom. The average Bonchev–Trinajstić information content (AvgIpc) is 2.55. The highest BCUT2D eigenvalue weighted by atomic mass is 79.9. The van der Waals surface area contributed by atoms with Crippen molar-refractivity contribution in [3.63, 3.8) is 0 Å². The van der Waals surface area contributed by atoms with Crippen molar-refractivity contribution in [2.24, 2.45) is 0 Å². The second-order valence-electron chi connectivity index (χ2n) is 5.24. The van der Waals surface area contributed by atoms with Gasteiger partial charge < -0.3 is 19.9 Å². The van der Waals surface area contributed by atoms with E-state index in [0.29, 0.717) is 31.2 Å². The summed E-state index contributed by atoms with van der Waals surface area (Å²) in [6.07, 6.45) is 0. The molecule has 2 aromatic carbocycles. The predicted octanol–water partition coefficient (Wildman–Crippen LogP) is 3.43. The van der Waals surface area contributed by atoms with Gasteiger partial charge in [0, 0.05) is 23.1 Å². The summed E-state index contributed by atoms with van der Waals surface area (Å²) in [7, 11) is 1.63. The van der Waals surface area contributed by atoms with Crippen molar-refractivity contribution in [1.82, 2.24) is 5.32 Å². The van der Waals surface area contributed by atoms with Crippen LogP contribution in [0.15, 0.2) is 40.9 Å². The largest absolute Gasteiger partial charge is 0.493 e. The van der Waals surface area contributed by atoms with E-state index in [4.69, 9.17) is 14.6 Å². The van der Waals surface area contributed by atoms with E-state index in [9.17, 15) is 0 Å². The molecule has 0 saturated carbocycles. The van der Waals surface area contributed by atoms with E-state index in [0.717, 1.165) is 15.6 Å². The van der Waals surface area contributed by atoms with Crippen LogP contribution in [0.4, 0.5) is 0 Å². The molecule has 0 aromatic heterocycles. The van der Waals surface area contributed by atoms with Crippen LogP contribution in [0.5, 0.6) is 11.5 Å². The van der Waals surface area contributed by atoms with Gasteiger partial charge in [-0.2, -0.15) is 0 Å². The van der Waals surface area contributed by atoms with Gasteiger partial charge in [0.2, 0.25) is 0 Å². The fourth-order valence-electron chi connectivity index (χ4n) is 2.32. The van der Waals surface area contributed by atoms with Crippen molar-refractivity contribution in [3.05, 3.63) is 57.6 Å². The van der Waals surface area contributed by atoms with Crippen molar-refractivity contribution in [2.75, 3.05) is 20.3 Å². The van der Waals surface area contributed by atoms with Crippen molar-refractivity contribution in [3.8, 4) is 11.5 Å². The molecule has 4 nitrogen and oxygen atoms in total. The first-order valence-corrected chi connectivity index (χ1v) is 8.30. The zero-order valence-corrected chi connectivity index (χ0v) is 15.0. The minimum atomic E-state index is 0.0983. The van der Waals surface area contributed by atoms with E-state index >= 15 is 0 Å². The Morgan fingerprint density at radius 1 is 1.22 bits per heavy atom. The van der Waals surface area contributed by atoms with E-state index in [-0.39, 0.29) is 6.61 Å². The molecule has 23 heavy (non-hydrogen) atoms. The van der Waals surface area contributed by atoms with Gasteiger partial charge in [-0.1, -0.05) is 45.8 Å². The fraction of sp³-hybridized carbons (Fsp3) is 0.333. The van der Waals surface area contributed by atoms with Gasteiger partial charge in [0.1, 0.15) is 6.61 Å². The Hall–Kier alpha value is -1.56. The van der Waals surface area contributed by atoms with Gasteiger partial charge in [0.25, 0.3) is 0 Å². The summed E-state index contributed by atoms with van der Waals surface area (Å²) in [6, 6.07) is 12.1. The maximum Gasteiger partial charge on any atom is 0.167 e. The third-order valence-corrected chi connectivity index (χ3v) is 4.19. The Kier molecular flexibility index (Phi) is 6.89. The normalized spacial score (nSPS) is 10.6. The van der Waals surface area contributed by atoms with Crippen LogP contribution in [0.2, 0.25) is 0 Å². The second-order valence-corrected chi connectivity index (χ2v) is 6.09. The van der Waals surface area contributed by atoms with Gasteiger partial charge in [-0.05, 0) is 24.6 Å². The van der Waals surface area contributed by atoms with Crippen LogP contribution in [0.3, 0.4) is 0 Å². The molecule has 0 aliphatic rings. The van der Waals surface area contributed by atoms with Crippen LogP contribution in [-0.4, -0.2) is 25.4 Å². The van der Waals surface area contributed by atoms with Crippen LogP contribution in [0.25, 0.3) is 0 Å². The first-order chi connectivity index (χ1) is 11.2. The minimum Gasteiger partial charge on any atom is -0.493 e. The van der Waals surface area contributed by atoms with Crippen LogP contribution in [0.1, 0.15) is 16.7 Å². The molecule has 5 heteroatoms. The molecular formula is C18H22BrNO3. The number of hydrogen-bond donors (Lipinski definition) is 2. The van der Waals surface area contributed by atoms with Crippen molar-refractivity contribution in [2.45, 2.75) is 20.1 Å². The van der Waals surface area contributed by atoms with E-state index in [1.807, 2.05) is 24.3 Å². The highest BCUT2D eigenvalue weighted by Crippen LogP contribution is 2.36. The molecule has 0 aliphatic carbocycles. The van der Waals surface area contributed by atoms with Crippen molar-refractivity contribution in [1.29, 1.82) is 0 Å². The number of aryl methyl sites for hydroxylation is 1. The summed E-state index contributed by atoms with van der Waals surface area (Å²) in [5.41, 5.74) is 3.30. The van der Waals surface area contributed by atoms with Gasteiger partial charge in [-0.15, -0.1) is 0 Å². The number of nitrogens with one attached hydrogen (secondary N) is 1. The van der Waals surface area contributed by atoms with Crippen LogP contribution >= 0.6 is 15.9 Å². The van der Waals surface area contributed by atoms with Crippen LogP contribution in [0, 0.1) is 6.92 Å². The summed E-state index contributed by atoms with van der Waals surface area (Å²) in [5, 5.41) is 12.1.